The second kappa shape index (κ2) is 7.43. The van der Waals surface area contributed by atoms with Gasteiger partial charge in [-0.3, -0.25) is 5.32 Å². The van der Waals surface area contributed by atoms with Gasteiger partial charge in [0.2, 0.25) is 5.88 Å². The number of ether oxygens (including phenoxy) is 1. The summed E-state index contributed by atoms with van der Waals surface area (Å²) in [6.07, 6.45) is 3.38. The average molecular weight is 363 g/mol. The quantitative estimate of drug-likeness (QED) is 0.729. The molecule has 130 valence electrons. The number of aromatic nitrogens is 2. The lowest BCUT2D eigenvalue weighted by Gasteiger charge is -2.10. The minimum absolute atomic E-state index is 0.117. The molecule has 0 aliphatic rings. The van der Waals surface area contributed by atoms with Crippen molar-refractivity contribution in [1.82, 2.24) is 9.55 Å². The zero-order valence-corrected chi connectivity index (χ0v) is 14.1. The molecule has 0 spiro atoms. The van der Waals surface area contributed by atoms with Gasteiger partial charge in [0.25, 0.3) is 0 Å². The van der Waals surface area contributed by atoms with Crippen LogP contribution >= 0.6 is 11.3 Å². The predicted molar refractivity (Wildman–Crippen MR) is 91.0 cm³/mol. The minimum atomic E-state index is -0.684. The Morgan fingerprint density at radius 1 is 1.36 bits per heavy atom. The van der Waals surface area contributed by atoms with Crippen molar-refractivity contribution in [2.45, 2.75) is 19.9 Å². The first-order chi connectivity index (χ1) is 12.0. The van der Waals surface area contributed by atoms with Gasteiger partial charge in [0, 0.05) is 35.5 Å². The van der Waals surface area contributed by atoms with Crippen molar-refractivity contribution >= 4 is 22.6 Å². The fourth-order valence-corrected chi connectivity index (χ4v) is 2.79. The maximum atomic E-state index is 13.9. The number of amides is 1. The van der Waals surface area contributed by atoms with Crippen molar-refractivity contribution in [3.63, 3.8) is 0 Å². The molecule has 2 aromatic heterocycles. The molecule has 8 heteroatoms. The van der Waals surface area contributed by atoms with Crippen LogP contribution < -0.4 is 10.1 Å². The zero-order valence-electron chi connectivity index (χ0n) is 13.3. The number of carbonyl (C=O) groups excluding carboxylic acids is 1. The summed E-state index contributed by atoms with van der Waals surface area (Å²) >= 11 is 1.27. The molecule has 1 N–H and O–H groups in total. The van der Waals surface area contributed by atoms with Crippen LogP contribution in [0.4, 0.5) is 18.7 Å². The van der Waals surface area contributed by atoms with Crippen LogP contribution in [0.15, 0.2) is 42.0 Å². The van der Waals surface area contributed by atoms with Gasteiger partial charge < -0.3 is 9.30 Å². The highest BCUT2D eigenvalue weighted by atomic mass is 32.1. The van der Waals surface area contributed by atoms with Gasteiger partial charge in [0.15, 0.2) is 5.13 Å². The third-order valence-corrected chi connectivity index (χ3v) is 4.20. The largest absolute Gasteiger partial charge is 0.420 e. The molecular weight excluding hydrogens is 348 g/mol. The van der Waals surface area contributed by atoms with Crippen LogP contribution in [0.2, 0.25) is 0 Å². The maximum Gasteiger partial charge on any atom is 0.420 e. The van der Waals surface area contributed by atoms with Crippen LogP contribution in [-0.2, 0) is 13.0 Å². The molecule has 25 heavy (non-hydrogen) atoms. The van der Waals surface area contributed by atoms with E-state index in [0.29, 0.717) is 10.7 Å². The minimum Gasteiger partial charge on any atom is -0.393 e. The van der Waals surface area contributed by atoms with E-state index in [1.165, 1.54) is 23.5 Å². The van der Waals surface area contributed by atoms with Crippen molar-refractivity contribution in [3.8, 4) is 5.88 Å². The molecule has 0 aliphatic carbocycles. The van der Waals surface area contributed by atoms with E-state index in [1.807, 2.05) is 6.92 Å². The third kappa shape index (κ3) is 4.21. The first-order valence-corrected chi connectivity index (χ1v) is 8.44. The van der Waals surface area contributed by atoms with Gasteiger partial charge >= 0.3 is 6.09 Å². The SMILES string of the molecule is CCc1cc(OC(=O)Nc2nccs2)n(Cc2ccc(F)cc2F)c1. The van der Waals surface area contributed by atoms with E-state index in [1.54, 1.807) is 28.4 Å². The highest BCUT2D eigenvalue weighted by molar-refractivity contribution is 7.13. The van der Waals surface area contributed by atoms with Crippen molar-refractivity contribution in [3.05, 3.63) is 64.8 Å². The Balaban J connectivity index is 1.79. The van der Waals surface area contributed by atoms with E-state index in [9.17, 15) is 13.6 Å². The van der Waals surface area contributed by atoms with Crippen LogP contribution in [0.3, 0.4) is 0 Å². The summed E-state index contributed by atoms with van der Waals surface area (Å²) < 4.78 is 33.9. The average Bonchev–Trinajstić information content (AvgIpc) is 3.20. The number of halogens is 2. The molecule has 1 amide bonds. The van der Waals surface area contributed by atoms with E-state index >= 15 is 0 Å². The van der Waals surface area contributed by atoms with E-state index in [2.05, 4.69) is 10.3 Å². The first kappa shape index (κ1) is 17.1. The second-order valence-corrected chi connectivity index (χ2v) is 6.15. The summed E-state index contributed by atoms with van der Waals surface area (Å²) in [5, 5.41) is 4.66. The number of rotatable bonds is 5. The Morgan fingerprint density at radius 2 is 2.20 bits per heavy atom. The standard InChI is InChI=1S/C17H15F2N3O2S/c1-2-11-7-15(24-17(23)21-16-20-5-6-25-16)22(9-11)10-12-3-4-13(18)8-14(12)19/h3-9H,2,10H2,1H3,(H,20,21,23). The van der Waals surface area contributed by atoms with Crippen LogP contribution in [0.25, 0.3) is 0 Å². The first-order valence-electron chi connectivity index (χ1n) is 7.56. The monoisotopic (exact) mass is 363 g/mol. The van der Waals surface area contributed by atoms with Gasteiger partial charge in [-0.1, -0.05) is 13.0 Å². The summed E-state index contributed by atoms with van der Waals surface area (Å²) in [7, 11) is 0. The van der Waals surface area contributed by atoms with E-state index in [4.69, 9.17) is 4.74 Å². The van der Waals surface area contributed by atoms with Gasteiger partial charge in [-0.25, -0.2) is 18.6 Å². The Kier molecular flexibility index (Phi) is 5.08. The summed E-state index contributed by atoms with van der Waals surface area (Å²) in [5.74, 6) is -1.01. The number of nitrogens with zero attached hydrogens (tertiary/aromatic N) is 2. The molecule has 0 fully saturated rings. The Labute approximate surface area is 146 Å². The van der Waals surface area contributed by atoms with E-state index in [-0.39, 0.29) is 12.4 Å². The Bertz CT molecular complexity index is 878. The number of hydrogen-bond donors (Lipinski definition) is 1. The molecule has 0 saturated carbocycles. The molecule has 3 rings (SSSR count). The fraction of sp³-hybridized carbons (Fsp3) is 0.176. The lowest BCUT2D eigenvalue weighted by Crippen LogP contribution is -2.18. The van der Waals surface area contributed by atoms with E-state index < -0.39 is 17.7 Å². The molecule has 0 bridgehead atoms. The number of aryl methyl sites for hydroxylation is 1. The van der Waals surface area contributed by atoms with Crippen LogP contribution in [0.1, 0.15) is 18.1 Å². The molecule has 0 atom stereocenters. The molecule has 5 nitrogen and oxygen atoms in total. The molecule has 0 saturated heterocycles. The van der Waals surface area contributed by atoms with Crippen molar-refractivity contribution in [2.24, 2.45) is 0 Å². The normalized spacial score (nSPS) is 10.7. The predicted octanol–water partition coefficient (Wildman–Crippen LogP) is 4.44. The number of carbonyl (C=O) groups is 1. The number of nitrogens with one attached hydrogen (secondary N) is 1. The lowest BCUT2D eigenvalue weighted by atomic mass is 10.2. The van der Waals surface area contributed by atoms with Gasteiger partial charge in [-0.2, -0.15) is 0 Å². The summed E-state index contributed by atoms with van der Waals surface area (Å²) in [6, 6.07) is 5.10. The molecule has 2 heterocycles. The van der Waals surface area contributed by atoms with Crippen molar-refractivity contribution in [1.29, 1.82) is 0 Å². The fourth-order valence-electron chi connectivity index (χ4n) is 2.27. The summed E-state index contributed by atoms with van der Waals surface area (Å²) in [6.45, 7) is 2.07. The van der Waals surface area contributed by atoms with Gasteiger partial charge in [0.05, 0.1) is 6.54 Å². The summed E-state index contributed by atoms with van der Waals surface area (Å²) in [4.78, 5) is 15.9. The highest BCUT2D eigenvalue weighted by Gasteiger charge is 2.14. The number of thiazole rings is 1. The van der Waals surface area contributed by atoms with Crippen molar-refractivity contribution in [2.75, 3.05) is 5.32 Å². The van der Waals surface area contributed by atoms with Gasteiger partial charge in [-0.05, 0) is 18.1 Å². The molecule has 0 radical (unpaired) electrons. The lowest BCUT2D eigenvalue weighted by molar-refractivity contribution is 0.211. The summed E-state index contributed by atoms with van der Waals surface area (Å²) in [5.41, 5.74) is 1.23. The number of anilines is 1. The van der Waals surface area contributed by atoms with Crippen LogP contribution in [0.5, 0.6) is 5.88 Å². The van der Waals surface area contributed by atoms with Gasteiger partial charge in [-0.15, -0.1) is 11.3 Å². The molecular formula is C17H15F2N3O2S. The second-order valence-electron chi connectivity index (χ2n) is 5.26. The number of hydrogen-bond acceptors (Lipinski definition) is 4. The topological polar surface area (TPSA) is 56.1 Å². The molecule has 3 aromatic rings. The van der Waals surface area contributed by atoms with Gasteiger partial charge in [0.1, 0.15) is 11.6 Å². The van der Waals surface area contributed by atoms with Crippen molar-refractivity contribution < 1.29 is 18.3 Å². The Morgan fingerprint density at radius 3 is 2.88 bits per heavy atom. The smallest absolute Gasteiger partial charge is 0.393 e. The molecule has 0 unspecified atom stereocenters. The van der Waals surface area contributed by atoms with Crippen LogP contribution in [0, 0.1) is 11.6 Å². The maximum absolute atomic E-state index is 13.9. The Hall–Kier alpha value is -2.74. The van der Waals surface area contributed by atoms with Crippen LogP contribution in [-0.4, -0.2) is 15.6 Å². The zero-order chi connectivity index (χ0) is 17.8. The molecule has 1 aromatic carbocycles. The number of benzene rings is 1. The third-order valence-electron chi connectivity index (χ3n) is 3.52. The molecule has 0 aliphatic heterocycles. The van der Waals surface area contributed by atoms with E-state index in [0.717, 1.165) is 18.1 Å². The highest BCUT2D eigenvalue weighted by Crippen LogP contribution is 2.22.